The van der Waals surface area contributed by atoms with Crippen LogP contribution in [0.4, 0.5) is 11.8 Å². The lowest BCUT2D eigenvalue weighted by atomic mass is 9.95. The molecular formula is C26H35N5O. The van der Waals surface area contributed by atoms with Crippen molar-refractivity contribution >= 4 is 17.7 Å². The van der Waals surface area contributed by atoms with E-state index in [1.807, 2.05) is 0 Å². The fourth-order valence-electron chi connectivity index (χ4n) is 5.35. The predicted molar refractivity (Wildman–Crippen MR) is 128 cm³/mol. The molecule has 32 heavy (non-hydrogen) atoms. The van der Waals surface area contributed by atoms with E-state index in [9.17, 15) is 4.79 Å². The maximum atomic E-state index is 13.1. The zero-order valence-corrected chi connectivity index (χ0v) is 19.4. The maximum absolute atomic E-state index is 13.1. The Bertz CT molecular complexity index is 974. The van der Waals surface area contributed by atoms with E-state index in [-0.39, 0.29) is 11.9 Å². The van der Waals surface area contributed by atoms with Crippen LogP contribution in [-0.4, -0.2) is 35.0 Å². The topological polar surface area (TPSA) is 70.2 Å². The number of anilines is 2. The van der Waals surface area contributed by atoms with Gasteiger partial charge in [0.25, 0.3) is 5.91 Å². The molecule has 3 aliphatic rings. The summed E-state index contributed by atoms with van der Waals surface area (Å²) in [6.45, 7) is 7.05. The first-order valence-electron chi connectivity index (χ1n) is 12.4. The Morgan fingerprint density at radius 1 is 1.16 bits per heavy atom. The van der Waals surface area contributed by atoms with Gasteiger partial charge < -0.3 is 15.5 Å². The van der Waals surface area contributed by atoms with E-state index in [0.717, 1.165) is 50.1 Å². The molecule has 3 fully saturated rings. The minimum absolute atomic E-state index is 0.0623. The number of amides is 1. The normalized spacial score (nSPS) is 22.5. The van der Waals surface area contributed by atoms with Crippen LogP contribution in [-0.2, 0) is 13.0 Å². The zero-order chi connectivity index (χ0) is 22.1. The summed E-state index contributed by atoms with van der Waals surface area (Å²) < 4.78 is 0. The van der Waals surface area contributed by atoms with Crippen molar-refractivity contribution in [3.8, 4) is 0 Å². The highest BCUT2D eigenvalue weighted by Gasteiger charge is 2.46. The molecule has 1 aliphatic heterocycles. The third-order valence-corrected chi connectivity index (χ3v) is 7.47. The van der Waals surface area contributed by atoms with Crippen LogP contribution < -0.4 is 15.5 Å². The van der Waals surface area contributed by atoms with E-state index < -0.39 is 0 Å². The van der Waals surface area contributed by atoms with Crippen molar-refractivity contribution in [1.29, 1.82) is 0 Å². The van der Waals surface area contributed by atoms with Crippen LogP contribution in [0.15, 0.2) is 24.4 Å². The average Bonchev–Trinajstić information content (AvgIpc) is 3.43. The Balaban J connectivity index is 1.35. The number of aryl methyl sites for hydroxylation is 2. The molecule has 1 saturated heterocycles. The standard InChI is InChI=1S/C26H35N5O/c1-3-19-10-9-18(11-17(19)2)13-27-24-23(25(32)29-22-7-5-4-6-8-22)14-28-26(30-24)31-15-20-12-21(20)16-31/h9-11,14,20-22H,3-8,12-13,15-16H2,1-2H3,(H,29,32)(H,27,28,30). The highest BCUT2D eigenvalue weighted by atomic mass is 16.1. The number of aromatic nitrogens is 2. The molecule has 1 aromatic heterocycles. The van der Waals surface area contributed by atoms with Crippen LogP contribution in [0, 0.1) is 18.8 Å². The molecule has 2 aliphatic carbocycles. The number of hydrogen-bond acceptors (Lipinski definition) is 5. The Kier molecular flexibility index (Phi) is 6.03. The molecule has 6 heteroatoms. The van der Waals surface area contributed by atoms with Crippen LogP contribution in [0.5, 0.6) is 0 Å². The van der Waals surface area contributed by atoms with Crippen molar-refractivity contribution in [2.24, 2.45) is 11.8 Å². The molecule has 1 aromatic carbocycles. The van der Waals surface area contributed by atoms with Crippen LogP contribution >= 0.6 is 0 Å². The van der Waals surface area contributed by atoms with Crippen LogP contribution in [0.2, 0.25) is 0 Å². The van der Waals surface area contributed by atoms with Gasteiger partial charge in [0, 0.05) is 31.9 Å². The number of hydrogen-bond donors (Lipinski definition) is 2. The Morgan fingerprint density at radius 3 is 2.66 bits per heavy atom. The first-order valence-corrected chi connectivity index (χ1v) is 12.4. The minimum Gasteiger partial charge on any atom is -0.365 e. The second-order valence-electron chi connectivity index (χ2n) is 9.87. The van der Waals surface area contributed by atoms with Gasteiger partial charge in [0.1, 0.15) is 11.4 Å². The number of piperidine rings is 1. The number of fused-ring (bicyclic) bond motifs is 1. The van der Waals surface area contributed by atoms with Crippen molar-refractivity contribution in [3.05, 3.63) is 46.6 Å². The molecule has 1 amide bonds. The smallest absolute Gasteiger partial charge is 0.256 e. The molecule has 2 unspecified atom stereocenters. The summed E-state index contributed by atoms with van der Waals surface area (Å²) in [6, 6.07) is 6.85. The van der Waals surface area contributed by atoms with E-state index in [1.165, 1.54) is 42.4 Å². The summed E-state index contributed by atoms with van der Waals surface area (Å²) in [6.07, 6.45) is 9.88. The van der Waals surface area contributed by atoms with Crippen molar-refractivity contribution in [1.82, 2.24) is 15.3 Å². The number of nitrogens with zero attached hydrogens (tertiary/aromatic N) is 3. The summed E-state index contributed by atoms with van der Waals surface area (Å²) in [5.74, 6) is 2.94. The fraction of sp³-hybridized carbons (Fsp3) is 0.577. The molecule has 170 valence electrons. The Hall–Kier alpha value is -2.63. The lowest BCUT2D eigenvalue weighted by Crippen LogP contribution is -2.37. The molecule has 2 N–H and O–H groups in total. The summed E-state index contributed by atoms with van der Waals surface area (Å²) >= 11 is 0. The molecule has 0 bridgehead atoms. The lowest BCUT2D eigenvalue weighted by Gasteiger charge is -2.24. The largest absolute Gasteiger partial charge is 0.365 e. The molecular weight excluding hydrogens is 398 g/mol. The number of benzene rings is 1. The first-order chi connectivity index (χ1) is 15.6. The van der Waals surface area contributed by atoms with E-state index >= 15 is 0 Å². The van der Waals surface area contributed by atoms with Gasteiger partial charge in [-0.3, -0.25) is 4.79 Å². The van der Waals surface area contributed by atoms with Gasteiger partial charge in [0.05, 0.1) is 0 Å². The predicted octanol–water partition coefficient (Wildman–Crippen LogP) is 4.48. The molecule has 0 radical (unpaired) electrons. The van der Waals surface area contributed by atoms with Gasteiger partial charge in [-0.05, 0) is 61.1 Å². The zero-order valence-electron chi connectivity index (χ0n) is 19.4. The second-order valence-corrected chi connectivity index (χ2v) is 9.87. The van der Waals surface area contributed by atoms with Crippen LogP contribution in [0.25, 0.3) is 0 Å². The second kappa shape index (κ2) is 9.08. The van der Waals surface area contributed by atoms with Gasteiger partial charge in [-0.1, -0.05) is 44.4 Å². The van der Waals surface area contributed by atoms with E-state index in [2.05, 4.69) is 52.6 Å². The van der Waals surface area contributed by atoms with Gasteiger partial charge in [0.2, 0.25) is 5.95 Å². The molecule has 6 nitrogen and oxygen atoms in total. The lowest BCUT2D eigenvalue weighted by molar-refractivity contribution is 0.0928. The monoisotopic (exact) mass is 433 g/mol. The van der Waals surface area contributed by atoms with Gasteiger partial charge in [-0.2, -0.15) is 4.98 Å². The third kappa shape index (κ3) is 4.59. The highest BCUT2D eigenvalue weighted by molar-refractivity contribution is 5.98. The van der Waals surface area contributed by atoms with E-state index in [0.29, 0.717) is 17.9 Å². The Morgan fingerprint density at radius 2 is 1.94 bits per heavy atom. The fourth-order valence-corrected chi connectivity index (χ4v) is 5.35. The third-order valence-electron chi connectivity index (χ3n) is 7.47. The SMILES string of the molecule is CCc1ccc(CNc2nc(N3CC4CC4C3)ncc2C(=O)NC2CCCCC2)cc1C. The number of carbonyl (C=O) groups is 1. The number of carbonyl (C=O) groups excluding carboxylic acids is 1. The molecule has 5 rings (SSSR count). The van der Waals surface area contributed by atoms with Gasteiger partial charge in [-0.25, -0.2) is 4.98 Å². The van der Waals surface area contributed by atoms with Crippen LogP contribution in [0.3, 0.4) is 0 Å². The van der Waals surface area contributed by atoms with Gasteiger partial charge >= 0.3 is 0 Å². The van der Waals surface area contributed by atoms with Crippen molar-refractivity contribution in [3.63, 3.8) is 0 Å². The minimum atomic E-state index is -0.0623. The summed E-state index contributed by atoms with van der Waals surface area (Å²) in [7, 11) is 0. The quantitative estimate of drug-likeness (QED) is 0.674. The number of rotatable bonds is 7. The van der Waals surface area contributed by atoms with E-state index in [1.54, 1.807) is 6.20 Å². The molecule has 0 spiro atoms. The number of nitrogens with one attached hydrogen (secondary N) is 2. The molecule has 2 heterocycles. The van der Waals surface area contributed by atoms with Crippen LogP contribution in [0.1, 0.15) is 72.5 Å². The Labute approximate surface area is 191 Å². The first kappa shape index (κ1) is 21.2. The van der Waals surface area contributed by atoms with E-state index in [4.69, 9.17) is 4.98 Å². The average molecular weight is 434 g/mol. The summed E-state index contributed by atoms with van der Waals surface area (Å²) in [5.41, 5.74) is 4.42. The summed E-state index contributed by atoms with van der Waals surface area (Å²) in [5, 5.41) is 6.69. The summed E-state index contributed by atoms with van der Waals surface area (Å²) in [4.78, 5) is 24.8. The molecule has 2 saturated carbocycles. The molecule has 2 aromatic rings. The van der Waals surface area contributed by atoms with Gasteiger partial charge in [0.15, 0.2) is 0 Å². The van der Waals surface area contributed by atoms with Crippen molar-refractivity contribution in [2.45, 2.75) is 71.4 Å². The van der Waals surface area contributed by atoms with Crippen molar-refractivity contribution in [2.75, 3.05) is 23.3 Å². The van der Waals surface area contributed by atoms with Gasteiger partial charge in [-0.15, -0.1) is 0 Å². The maximum Gasteiger partial charge on any atom is 0.256 e. The molecule has 2 atom stereocenters. The highest BCUT2D eigenvalue weighted by Crippen LogP contribution is 2.45. The van der Waals surface area contributed by atoms with Crippen molar-refractivity contribution < 1.29 is 4.79 Å².